The first-order valence-electron chi connectivity index (χ1n) is 9.93. The first-order valence-corrected chi connectivity index (χ1v) is 9.93. The largest absolute Gasteiger partial charge is 0.361 e. The summed E-state index contributed by atoms with van der Waals surface area (Å²) in [5.41, 5.74) is 3.32. The Balaban J connectivity index is 1.52. The van der Waals surface area contributed by atoms with Crippen molar-refractivity contribution in [2.24, 2.45) is 0 Å². The summed E-state index contributed by atoms with van der Waals surface area (Å²) in [5, 5.41) is 1.04. The molecule has 4 heterocycles. The van der Waals surface area contributed by atoms with Crippen molar-refractivity contribution in [3.8, 4) is 0 Å². The number of fused-ring (bicyclic) bond motifs is 2. The molecule has 1 aromatic carbocycles. The number of carbonyl (C=O) groups is 1. The van der Waals surface area contributed by atoms with E-state index in [1.165, 1.54) is 0 Å². The van der Waals surface area contributed by atoms with E-state index in [4.69, 9.17) is 4.98 Å². The third-order valence-corrected chi connectivity index (χ3v) is 5.61. The quantitative estimate of drug-likeness (QED) is 0.536. The van der Waals surface area contributed by atoms with Crippen LogP contribution in [0.15, 0.2) is 60.9 Å². The van der Waals surface area contributed by atoms with Crippen LogP contribution in [0.5, 0.6) is 0 Å². The van der Waals surface area contributed by atoms with E-state index < -0.39 is 0 Å². The van der Waals surface area contributed by atoms with E-state index in [1.807, 2.05) is 78.8 Å². The lowest BCUT2D eigenvalue weighted by atomic mass is 10.1. The van der Waals surface area contributed by atoms with Crippen LogP contribution in [0.3, 0.4) is 0 Å². The van der Waals surface area contributed by atoms with Gasteiger partial charge in [-0.2, -0.15) is 0 Å². The normalized spacial score (nSPS) is 16.6. The number of carbonyl (C=O) groups excluding carboxylic acids is 1. The van der Waals surface area contributed by atoms with Crippen molar-refractivity contribution in [1.29, 1.82) is 0 Å². The molecule has 6 heteroatoms. The smallest absolute Gasteiger partial charge is 0.273 e. The van der Waals surface area contributed by atoms with Gasteiger partial charge in [0.05, 0.1) is 22.8 Å². The molecular weight excluding hydrogens is 362 g/mol. The molecule has 0 radical (unpaired) electrons. The number of benzene rings is 1. The summed E-state index contributed by atoms with van der Waals surface area (Å²) in [6, 6.07) is 15.7. The van der Waals surface area contributed by atoms with Gasteiger partial charge >= 0.3 is 0 Å². The van der Waals surface area contributed by atoms with E-state index >= 15 is 0 Å². The summed E-state index contributed by atoms with van der Waals surface area (Å²) >= 11 is 0. The molecule has 3 aromatic heterocycles. The highest BCUT2D eigenvalue weighted by molar-refractivity contribution is 5.95. The van der Waals surface area contributed by atoms with Crippen molar-refractivity contribution in [1.82, 2.24) is 19.3 Å². The Hall–Kier alpha value is -3.41. The Morgan fingerprint density at radius 2 is 1.93 bits per heavy atom. The van der Waals surface area contributed by atoms with Gasteiger partial charge in [0.2, 0.25) is 0 Å². The highest BCUT2D eigenvalue weighted by atomic mass is 16.2. The number of aromatic nitrogens is 3. The van der Waals surface area contributed by atoms with Gasteiger partial charge < -0.3 is 14.2 Å². The lowest BCUT2D eigenvalue weighted by Crippen LogP contribution is -2.32. The molecule has 6 nitrogen and oxygen atoms in total. The molecule has 5 rings (SSSR count). The van der Waals surface area contributed by atoms with Crippen molar-refractivity contribution < 1.29 is 4.79 Å². The Bertz CT molecular complexity index is 1210. The summed E-state index contributed by atoms with van der Waals surface area (Å²) in [4.78, 5) is 26.8. The van der Waals surface area contributed by atoms with Crippen LogP contribution in [0.25, 0.3) is 16.4 Å². The standard InChI is InChI=1S/C23H23N5O/c1-26(2)22-21-10-5-13-27(21)15-19(25-22)20-9-6-14-28(20)23(29)18-12-11-16-7-3-4-8-17(16)24-18/h3-5,7-8,10-13,15,20H,6,9,14H2,1-2H3/t20-/m1/s1. The monoisotopic (exact) mass is 385 g/mol. The van der Waals surface area contributed by atoms with Crippen molar-refractivity contribution in [3.05, 3.63) is 72.3 Å². The summed E-state index contributed by atoms with van der Waals surface area (Å²) < 4.78 is 2.09. The fourth-order valence-electron chi connectivity index (χ4n) is 4.19. The molecule has 4 aromatic rings. The van der Waals surface area contributed by atoms with Gasteiger partial charge in [0, 0.05) is 38.4 Å². The molecule has 1 aliphatic rings. The number of para-hydroxylation sites is 1. The van der Waals surface area contributed by atoms with E-state index in [-0.39, 0.29) is 11.9 Å². The average Bonchev–Trinajstić information content (AvgIpc) is 3.41. The van der Waals surface area contributed by atoms with Crippen LogP contribution in [0.4, 0.5) is 5.82 Å². The highest BCUT2D eigenvalue weighted by Gasteiger charge is 2.33. The van der Waals surface area contributed by atoms with Crippen LogP contribution in [0, 0.1) is 0 Å². The lowest BCUT2D eigenvalue weighted by Gasteiger charge is -2.25. The zero-order chi connectivity index (χ0) is 20.0. The molecule has 0 aliphatic carbocycles. The zero-order valence-corrected chi connectivity index (χ0v) is 16.6. The van der Waals surface area contributed by atoms with E-state index in [9.17, 15) is 4.79 Å². The maximum absolute atomic E-state index is 13.3. The molecule has 0 N–H and O–H groups in total. The van der Waals surface area contributed by atoms with Gasteiger partial charge in [-0.1, -0.05) is 24.3 Å². The molecule has 146 valence electrons. The van der Waals surface area contributed by atoms with E-state index in [2.05, 4.69) is 15.5 Å². The lowest BCUT2D eigenvalue weighted by molar-refractivity contribution is 0.0727. The third-order valence-electron chi connectivity index (χ3n) is 5.61. The predicted octanol–water partition coefficient (Wildman–Crippen LogP) is 3.93. The highest BCUT2D eigenvalue weighted by Crippen LogP contribution is 2.34. The summed E-state index contributed by atoms with van der Waals surface area (Å²) in [7, 11) is 3.99. The molecule has 0 spiro atoms. The fourth-order valence-corrected chi connectivity index (χ4v) is 4.19. The molecule has 1 saturated heterocycles. The Kier molecular flexibility index (Phi) is 4.19. The van der Waals surface area contributed by atoms with Crippen molar-refractivity contribution in [2.75, 3.05) is 25.5 Å². The van der Waals surface area contributed by atoms with Gasteiger partial charge in [0.25, 0.3) is 5.91 Å². The second-order valence-corrected chi connectivity index (χ2v) is 7.73. The second kappa shape index (κ2) is 6.88. The third kappa shape index (κ3) is 3.01. The SMILES string of the molecule is CN(C)c1nc([C@H]2CCCN2C(=O)c2ccc3ccccc3n2)cn2cccc12. The number of nitrogens with zero attached hydrogens (tertiary/aromatic N) is 5. The van der Waals surface area contributed by atoms with Crippen LogP contribution in [-0.4, -0.2) is 45.8 Å². The number of amides is 1. The van der Waals surface area contributed by atoms with E-state index in [0.717, 1.165) is 47.3 Å². The number of anilines is 1. The van der Waals surface area contributed by atoms with E-state index in [1.54, 1.807) is 0 Å². The van der Waals surface area contributed by atoms with Gasteiger partial charge in [-0.25, -0.2) is 9.97 Å². The number of pyridine rings is 1. The molecule has 0 unspecified atom stereocenters. The topological polar surface area (TPSA) is 53.7 Å². The number of rotatable bonds is 3. The summed E-state index contributed by atoms with van der Waals surface area (Å²) in [6.07, 6.45) is 5.95. The van der Waals surface area contributed by atoms with Gasteiger partial charge in [-0.3, -0.25) is 4.79 Å². The predicted molar refractivity (Wildman–Crippen MR) is 114 cm³/mol. The molecule has 1 amide bonds. The maximum atomic E-state index is 13.3. The number of likely N-dealkylation sites (tertiary alicyclic amines) is 1. The van der Waals surface area contributed by atoms with Crippen molar-refractivity contribution >= 4 is 28.1 Å². The Morgan fingerprint density at radius 3 is 2.79 bits per heavy atom. The van der Waals surface area contributed by atoms with Crippen LogP contribution < -0.4 is 4.90 Å². The molecule has 1 fully saturated rings. The van der Waals surface area contributed by atoms with Gasteiger partial charge in [-0.15, -0.1) is 0 Å². The van der Waals surface area contributed by atoms with Gasteiger partial charge in [0.15, 0.2) is 5.82 Å². The summed E-state index contributed by atoms with van der Waals surface area (Å²) in [6.45, 7) is 0.723. The number of hydrogen-bond donors (Lipinski definition) is 0. The van der Waals surface area contributed by atoms with Crippen molar-refractivity contribution in [2.45, 2.75) is 18.9 Å². The first kappa shape index (κ1) is 17.7. The Morgan fingerprint density at radius 1 is 1.07 bits per heavy atom. The van der Waals surface area contributed by atoms with Crippen LogP contribution in [0.2, 0.25) is 0 Å². The maximum Gasteiger partial charge on any atom is 0.273 e. The molecular formula is C23H23N5O. The van der Waals surface area contributed by atoms with Crippen LogP contribution in [0.1, 0.15) is 35.1 Å². The van der Waals surface area contributed by atoms with Crippen LogP contribution >= 0.6 is 0 Å². The van der Waals surface area contributed by atoms with Crippen molar-refractivity contribution in [3.63, 3.8) is 0 Å². The van der Waals surface area contributed by atoms with Crippen LogP contribution in [-0.2, 0) is 0 Å². The molecule has 0 saturated carbocycles. The fraction of sp³-hybridized carbons (Fsp3) is 0.261. The van der Waals surface area contributed by atoms with Gasteiger partial charge in [0.1, 0.15) is 5.69 Å². The van der Waals surface area contributed by atoms with Gasteiger partial charge in [-0.05, 0) is 37.1 Å². The average molecular weight is 385 g/mol. The minimum atomic E-state index is -0.0405. The Labute approximate surface area is 169 Å². The summed E-state index contributed by atoms with van der Waals surface area (Å²) in [5.74, 6) is 0.884. The second-order valence-electron chi connectivity index (χ2n) is 7.73. The minimum absolute atomic E-state index is 0.0286. The molecule has 1 aliphatic heterocycles. The zero-order valence-electron chi connectivity index (χ0n) is 16.6. The first-order chi connectivity index (χ1) is 14.1. The molecule has 29 heavy (non-hydrogen) atoms. The minimum Gasteiger partial charge on any atom is -0.361 e. The number of hydrogen-bond acceptors (Lipinski definition) is 4. The van der Waals surface area contributed by atoms with E-state index in [0.29, 0.717) is 5.69 Å². The molecule has 1 atom stereocenters. The molecule has 0 bridgehead atoms.